The first-order chi connectivity index (χ1) is 11.0. The molecule has 0 aliphatic rings. The van der Waals surface area contributed by atoms with Gasteiger partial charge in [-0.2, -0.15) is 0 Å². The van der Waals surface area contributed by atoms with Crippen molar-refractivity contribution in [2.24, 2.45) is 0 Å². The van der Waals surface area contributed by atoms with Gasteiger partial charge in [-0.3, -0.25) is 9.78 Å². The van der Waals surface area contributed by atoms with Gasteiger partial charge in [-0.25, -0.2) is 4.98 Å². The van der Waals surface area contributed by atoms with Crippen molar-refractivity contribution in [2.45, 2.75) is 20.8 Å². The second-order valence-electron chi connectivity index (χ2n) is 5.52. The van der Waals surface area contributed by atoms with E-state index in [1.807, 2.05) is 55.8 Å². The summed E-state index contributed by atoms with van der Waals surface area (Å²) in [7, 11) is 0. The molecule has 0 aliphatic carbocycles. The van der Waals surface area contributed by atoms with E-state index in [0.29, 0.717) is 5.69 Å². The van der Waals surface area contributed by atoms with Crippen LogP contribution in [0.5, 0.6) is 0 Å². The van der Waals surface area contributed by atoms with E-state index >= 15 is 0 Å². The van der Waals surface area contributed by atoms with Crippen molar-refractivity contribution in [1.29, 1.82) is 0 Å². The van der Waals surface area contributed by atoms with Crippen molar-refractivity contribution >= 4 is 11.6 Å². The van der Waals surface area contributed by atoms with Gasteiger partial charge in [0, 0.05) is 24.3 Å². The number of aromatic nitrogens is 3. The number of benzene rings is 1. The Bertz CT molecular complexity index is 867. The van der Waals surface area contributed by atoms with E-state index in [2.05, 4.69) is 15.3 Å². The number of pyridine rings is 1. The Morgan fingerprint density at radius 1 is 1.04 bits per heavy atom. The molecule has 23 heavy (non-hydrogen) atoms. The Morgan fingerprint density at radius 2 is 1.87 bits per heavy atom. The summed E-state index contributed by atoms with van der Waals surface area (Å²) in [6, 6.07) is 9.57. The number of carbonyl (C=O) groups excluding carboxylic acids is 1. The van der Waals surface area contributed by atoms with Crippen LogP contribution in [-0.4, -0.2) is 20.4 Å². The summed E-state index contributed by atoms with van der Waals surface area (Å²) >= 11 is 0. The van der Waals surface area contributed by atoms with Crippen molar-refractivity contribution in [3.8, 4) is 5.69 Å². The van der Waals surface area contributed by atoms with Gasteiger partial charge in [-0.1, -0.05) is 12.1 Å². The maximum atomic E-state index is 12.5. The molecule has 5 heteroatoms. The zero-order valence-electron chi connectivity index (χ0n) is 13.4. The average Bonchev–Trinajstić information content (AvgIpc) is 2.97. The van der Waals surface area contributed by atoms with Crippen LogP contribution in [0.25, 0.3) is 5.69 Å². The minimum absolute atomic E-state index is 0.224. The standard InChI is InChI=1S/C18H18N4O/c1-12-4-5-13(2)16(10-12)21-18(23)17-11-15(6-7-20-17)22-9-8-19-14(22)3/h4-11H,1-3H3,(H,21,23). The van der Waals surface area contributed by atoms with Crippen LogP contribution < -0.4 is 5.32 Å². The van der Waals surface area contributed by atoms with Crippen LogP contribution in [0, 0.1) is 20.8 Å². The van der Waals surface area contributed by atoms with Crippen molar-refractivity contribution < 1.29 is 4.79 Å². The van der Waals surface area contributed by atoms with E-state index in [1.165, 1.54) is 0 Å². The average molecular weight is 306 g/mol. The van der Waals surface area contributed by atoms with Crippen LogP contribution in [0.15, 0.2) is 48.9 Å². The molecule has 116 valence electrons. The lowest BCUT2D eigenvalue weighted by molar-refractivity contribution is 0.102. The van der Waals surface area contributed by atoms with E-state index in [1.54, 1.807) is 18.5 Å². The maximum Gasteiger partial charge on any atom is 0.274 e. The monoisotopic (exact) mass is 306 g/mol. The summed E-state index contributed by atoms with van der Waals surface area (Å²) in [6.45, 7) is 5.87. The molecule has 2 aromatic heterocycles. The van der Waals surface area contributed by atoms with Crippen LogP contribution in [0.4, 0.5) is 5.69 Å². The molecule has 0 atom stereocenters. The molecule has 1 aromatic carbocycles. The van der Waals surface area contributed by atoms with Crippen molar-refractivity contribution in [3.05, 3.63) is 71.6 Å². The van der Waals surface area contributed by atoms with Crippen LogP contribution in [0.1, 0.15) is 27.4 Å². The molecule has 3 aromatic rings. The first-order valence-corrected chi connectivity index (χ1v) is 7.39. The van der Waals surface area contributed by atoms with E-state index < -0.39 is 0 Å². The number of hydrogen-bond acceptors (Lipinski definition) is 3. The molecule has 0 unspecified atom stereocenters. The summed E-state index contributed by atoms with van der Waals surface area (Å²) in [5.41, 5.74) is 4.16. The zero-order valence-corrected chi connectivity index (χ0v) is 13.4. The number of amides is 1. The Morgan fingerprint density at radius 3 is 2.61 bits per heavy atom. The first-order valence-electron chi connectivity index (χ1n) is 7.39. The number of carbonyl (C=O) groups is 1. The van der Waals surface area contributed by atoms with Gasteiger partial charge in [0.1, 0.15) is 11.5 Å². The first kappa shape index (κ1) is 15.0. The molecule has 5 nitrogen and oxygen atoms in total. The quantitative estimate of drug-likeness (QED) is 0.806. The highest BCUT2D eigenvalue weighted by Crippen LogP contribution is 2.18. The lowest BCUT2D eigenvalue weighted by Gasteiger charge is -2.10. The SMILES string of the molecule is Cc1ccc(C)c(NC(=O)c2cc(-n3ccnc3C)ccn2)c1. The number of hydrogen-bond donors (Lipinski definition) is 1. The van der Waals surface area contributed by atoms with Gasteiger partial charge >= 0.3 is 0 Å². The molecule has 0 saturated carbocycles. The Balaban J connectivity index is 1.88. The fraction of sp³-hybridized carbons (Fsp3) is 0.167. The number of aryl methyl sites for hydroxylation is 3. The third kappa shape index (κ3) is 3.13. The van der Waals surface area contributed by atoms with E-state index in [4.69, 9.17) is 0 Å². The van der Waals surface area contributed by atoms with Gasteiger partial charge in [0.25, 0.3) is 5.91 Å². The van der Waals surface area contributed by atoms with Gasteiger partial charge in [0.2, 0.25) is 0 Å². The van der Waals surface area contributed by atoms with Gasteiger partial charge in [-0.15, -0.1) is 0 Å². The minimum Gasteiger partial charge on any atom is -0.320 e. The maximum absolute atomic E-state index is 12.5. The highest BCUT2D eigenvalue weighted by atomic mass is 16.1. The fourth-order valence-electron chi connectivity index (χ4n) is 2.40. The van der Waals surface area contributed by atoms with E-state index in [9.17, 15) is 4.79 Å². The summed E-state index contributed by atoms with van der Waals surface area (Å²) in [5, 5.41) is 2.93. The Kier molecular flexibility index (Phi) is 3.93. The topological polar surface area (TPSA) is 59.8 Å². The number of imidazole rings is 1. The predicted molar refractivity (Wildman–Crippen MR) is 90.0 cm³/mol. The second-order valence-corrected chi connectivity index (χ2v) is 5.52. The molecule has 0 radical (unpaired) electrons. The summed E-state index contributed by atoms with van der Waals surface area (Å²) in [5.74, 6) is 0.635. The van der Waals surface area contributed by atoms with E-state index in [-0.39, 0.29) is 5.91 Å². The van der Waals surface area contributed by atoms with Crippen LogP contribution in [0.3, 0.4) is 0 Å². The summed E-state index contributed by atoms with van der Waals surface area (Å²) in [4.78, 5) is 20.9. The fourth-order valence-corrected chi connectivity index (χ4v) is 2.40. The molecule has 0 saturated heterocycles. The molecule has 1 amide bonds. The van der Waals surface area contributed by atoms with Gasteiger partial charge in [-0.05, 0) is 50.1 Å². The van der Waals surface area contributed by atoms with Crippen molar-refractivity contribution in [1.82, 2.24) is 14.5 Å². The normalized spacial score (nSPS) is 10.6. The van der Waals surface area contributed by atoms with E-state index in [0.717, 1.165) is 28.3 Å². The van der Waals surface area contributed by atoms with Crippen LogP contribution in [0.2, 0.25) is 0 Å². The Labute approximate surface area is 135 Å². The summed E-state index contributed by atoms with van der Waals surface area (Å²) in [6.07, 6.45) is 5.22. The number of anilines is 1. The lowest BCUT2D eigenvalue weighted by Crippen LogP contribution is -2.15. The third-order valence-electron chi connectivity index (χ3n) is 3.72. The number of nitrogens with one attached hydrogen (secondary N) is 1. The molecular formula is C18H18N4O. The highest BCUT2D eigenvalue weighted by Gasteiger charge is 2.11. The van der Waals surface area contributed by atoms with Crippen molar-refractivity contribution in [2.75, 3.05) is 5.32 Å². The zero-order chi connectivity index (χ0) is 16.4. The van der Waals surface area contributed by atoms with Gasteiger partial charge in [0.05, 0.1) is 5.69 Å². The molecule has 0 spiro atoms. The molecule has 0 aliphatic heterocycles. The lowest BCUT2D eigenvalue weighted by atomic mass is 10.1. The van der Waals surface area contributed by atoms with Gasteiger partial charge < -0.3 is 9.88 Å². The highest BCUT2D eigenvalue weighted by molar-refractivity contribution is 6.03. The Hall–Kier alpha value is -2.95. The molecular weight excluding hydrogens is 288 g/mol. The second kappa shape index (κ2) is 6.04. The molecule has 3 rings (SSSR count). The van der Waals surface area contributed by atoms with Crippen LogP contribution in [-0.2, 0) is 0 Å². The molecule has 1 N–H and O–H groups in total. The largest absolute Gasteiger partial charge is 0.320 e. The molecule has 0 fully saturated rings. The van der Waals surface area contributed by atoms with Crippen molar-refractivity contribution in [3.63, 3.8) is 0 Å². The summed E-state index contributed by atoms with van der Waals surface area (Å²) < 4.78 is 1.91. The van der Waals surface area contributed by atoms with Gasteiger partial charge in [0.15, 0.2) is 0 Å². The number of rotatable bonds is 3. The smallest absolute Gasteiger partial charge is 0.274 e. The molecule has 2 heterocycles. The third-order valence-corrected chi connectivity index (χ3v) is 3.72. The minimum atomic E-state index is -0.224. The van der Waals surface area contributed by atoms with Crippen LogP contribution >= 0.6 is 0 Å². The number of nitrogens with zero attached hydrogens (tertiary/aromatic N) is 3. The predicted octanol–water partition coefficient (Wildman–Crippen LogP) is 3.44. The molecule has 0 bridgehead atoms.